The largest absolute Gasteiger partial charge is 0.455 e. The summed E-state index contributed by atoms with van der Waals surface area (Å²) in [6.07, 6.45) is 0. The lowest BCUT2D eigenvalue weighted by atomic mass is 10.0. The Morgan fingerprint density at radius 2 is 0.703 bits per heavy atom. The third-order valence-corrected chi connectivity index (χ3v) is 12.8. The minimum Gasteiger partial charge on any atom is -0.455 e. The number of fused-ring (bicyclic) bond motifs is 9. The molecule has 0 saturated carbocycles. The van der Waals surface area contributed by atoms with Gasteiger partial charge in [0.05, 0.1) is 11.0 Å². The Labute approximate surface area is 369 Å². The highest BCUT2D eigenvalue weighted by Crippen LogP contribution is 2.42. The van der Waals surface area contributed by atoms with Gasteiger partial charge in [0, 0.05) is 66.2 Å². The van der Waals surface area contributed by atoms with Crippen molar-refractivity contribution in [2.75, 3.05) is 4.90 Å². The SMILES string of the molecule is c1cc(-c2ccc(N(c3ccc(-c4cccc5c4oc4ccccc45)cc3)c3ccc(-c4cccc5c4oc4ccccc45)cc3)cc2)cc(-n2c3ccccc3c3ccccc32)c1. The standard InChI is InChI=1S/C60H38N2O2/c1-5-22-55-49(14-1)50-15-2-6-23-56(50)62(55)46-13-9-12-42(38-46)39-26-32-43(33-27-39)61(44-34-28-40(29-35-44)47-18-10-20-53-51-16-3-7-24-57(51)63-59(47)53)45-36-30-41(31-37-45)48-19-11-21-54-52-17-4-8-25-58(52)64-60(48)54/h1-38H. The van der Waals surface area contributed by atoms with Crippen LogP contribution in [0.25, 0.3) is 105 Å². The third-order valence-electron chi connectivity index (χ3n) is 12.8. The van der Waals surface area contributed by atoms with E-state index < -0.39 is 0 Å². The summed E-state index contributed by atoms with van der Waals surface area (Å²) in [5, 5.41) is 7.02. The maximum absolute atomic E-state index is 6.44. The monoisotopic (exact) mass is 818 g/mol. The molecule has 64 heavy (non-hydrogen) atoms. The first-order valence-corrected chi connectivity index (χ1v) is 21.7. The van der Waals surface area contributed by atoms with Crippen molar-refractivity contribution < 1.29 is 8.83 Å². The summed E-state index contributed by atoms with van der Waals surface area (Å²) < 4.78 is 15.3. The molecular formula is C60H38N2O2. The van der Waals surface area contributed by atoms with Gasteiger partial charge < -0.3 is 18.3 Å². The van der Waals surface area contributed by atoms with E-state index in [1.807, 2.05) is 24.3 Å². The van der Waals surface area contributed by atoms with Gasteiger partial charge in [-0.15, -0.1) is 0 Å². The predicted molar refractivity (Wildman–Crippen MR) is 266 cm³/mol. The average Bonchev–Trinajstić information content (AvgIpc) is 4.05. The Balaban J connectivity index is 0.894. The molecule has 4 heteroatoms. The summed E-state index contributed by atoms with van der Waals surface area (Å²) in [6.45, 7) is 0. The molecule has 0 saturated heterocycles. The van der Waals surface area contributed by atoms with Gasteiger partial charge in [0.2, 0.25) is 0 Å². The van der Waals surface area contributed by atoms with Crippen molar-refractivity contribution in [3.8, 4) is 39.1 Å². The van der Waals surface area contributed by atoms with Gasteiger partial charge in [-0.05, 0) is 95.1 Å². The zero-order valence-electron chi connectivity index (χ0n) is 34.7. The lowest BCUT2D eigenvalue weighted by molar-refractivity contribution is 0.669. The van der Waals surface area contributed by atoms with Gasteiger partial charge in [0.1, 0.15) is 22.3 Å². The van der Waals surface area contributed by atoms with E-state index in [1.54, 1.807) is 0 Å². The van der Waals surface area contributed by atoms with E-state index in [4.69, 9.17) is 8.83 Å². The second-order valence-electron chi connectivity index (χ2n) is 16.5. The quantitative estimate of drug-likeness (QED) is 0.161. The number of furan rings is 2. The van der Waals surface area contributed by atoms with Gasteiger partial charge in [0.25, 0.3) is 0 Å². The molecule has 4 nitrogen and oxygen atoms in total. The molecule has 0 radical (unpaired) electrons. The van der Waals surface area contributed by atoms with Gasteiger partial charge in [-0.3, -0.25) is 0 Å². The number of hydrogen-bond acceptors (Lipinski definition) is 3. The molecule has 0 atom stereocenters. The Hall–Kier alpha value is -8.60. The highest BCUT2D eigenvalue weighted by atomic mass is 16.3. The number of hydrogen-bond donors (Lipinski definition) is 0. The zero-order valence-corrected chi connectivity index (χ0v) is 34.7. The van der Waals surface area contributed by atoms with Crippen LogP contribution < -0.4 is 4.90 Å². The zero-order chi connectivity index (χ0) is 42.1. The number of anilines is 3. The molecule has 3 heterocycles. The van der Waals surface area contributed by atoms with Crippen LogP contribution in [0.2, 0.25) is 0 Å². The van der Waals surface area contributed by atoms with Crippen LogP contribution in [0.5, 0.6) is 0 Å². The van der Waals surface area contributed by atoms with E-state index in [2.05, 4.69) is 216 Å². The highest BCUT2D eigenvalue weighted by Gasteiger charge is 2.18. The molecule has 0 amide bonds. The minimum absolute atomic E-state index is 0.898. The number of para-hydroxylation sites is 6. The molecule has 13 rings (SSSR count). The van der Waals surface area contributed by atoms with Crippen LogP contribution in [0.3, 0.4) is 0 Å². The number of nitrogens with zero attached hydrogens (tertiary/aromatic N) is 2. The van der Waals surface area contributed by atoms with Crippen molar-refractivity contribution in [1.29, 1.82) is 0 Å². The summed E-state index contributed by atoms with van der Waals surface area (Å²) in [6, 6.07) is 82.1. The van der Waals surface area contributed by atoms with Gasteiger partial charge >= 0.3 is 0 Å². The number of rotatable bonds is 7. The molecule has 0 N–H and O–H groups in total. The van der Waals surface area contributed by atoms with Crippen LogP contribution in [0, 0.1) is 0 Å². The number of benzene rings is 10. The topological polar surface area (TPSA) is 34.5 Å². The molecule has 3 aromatic heterocycles. The highest BCUT2D eigenvalue weighted by molar-refractivity contribution is 6.11. The van der Waals surface area contributed by atoms with E-state index in [-0.39, 0.29) is 0 Å². The maximum Gasteiger partial charge on any atom is 0.143 e. The molecule has 0 unspecified atom stereocenters. The van der Waals surface area contributed by atoms with Gasteiger partial charge in [-0.25, -0.2) is 0 Å². The molecule has 0 bridgehead atoms. The van der Waals surface area contributed by atoms with Gasteiger partial charge in [-0.2, -0.15) is 0 Å². The second kappa shape index (κ2) is 14.5. The summed E-state index contributed by atoms with van der Waals surface area (Å²) >= 11 is 0. The van der Waals surface area contributed by atoms with E-state index in [9.17, 15) is 0 Å². The molecular weight excluding hydrogens is 781 g/mol. The lowest BCUT2D eigenvalue weighted by Crippen LogP contribution is -2.09. The van der Waals surface area contributed by atoms with E-state index in [0.29, 0.717) is 0 Å². The molecule has 10 aromatic carbocycles. The van der Waals surface area contributed by atoms with E-state index in [1.165, 1.54) is 21.8 Å². The van der Waals surface area contributed by atoms with Crippen molar-refractivity contribution in [3.63, 3.8) is 0 Å². The summed E-state index contributed by atoms with van der Waals surface area (Å²) in [5.74, 6) is 0. The van der Waals surface area contributed by atoms with Gasteiger partial charge in [0.15, 0.2) is 0 Å². The summed E-state index contributed by atoms with van der Waals surface area (Å²) in [5.41, 5.74) is 16.9. The van der Waals surface area contributed by atoms with Crippen LogP contribution in [-0.2, 0) is 0 Å². The first-order chi connectivity index (χ1) is 31.7. The second-order valence-corrected chi connectivity index (χ2v) is 16.5. The van der Waals surface area contributed by atoms with Crippen molar-refractivity contribution in [3.05, 3.63) is 231 Å². The van der Waals surface area contributed by atoms with E-state index in [0.717, 1.165) is 100 Å². The smallest absolute Gasteiger partial charge is 0.143 e. The van der Waals surface area contributed by atoms with Crippen LogP contribution >= 0.6 is 0 Å². The normalized spacial score (nSPS) is 11.8. The van der Waals surface area contributed by atoms with Crippen molar-refractivity contribution in [2.24, 2.45) is 0 Å². The number of aromatic nitrogens is 1. The Bertz CT molecular complexity index is 3680. The first kappa shape index (κ1) is 36.1. The Kier molecular flexibility index (Phi) is 8.18. The molecule has 0 fully saturated rings. The predicted octanol–water partition coefficient (Wildman–Crippen LogP) is 17.1. The van der Waals surface area contributed by atoms with Crippen molar-refractivity contribution >= 4 is 82.7 Å². The van der Waals surface area contributed by atoms with Crippen molar-refractivity contribution in [2.45, 2.75) is 0 Å². The molecule has 0 aliphatic carbocycles. The minimum atomic E-state index is 0.898. The maximum atomic E-state index is 6.44. The molecule has 300 valence electrons. The first-order valence-electron chi connectivity index (χ1n) is 21.7. The third kappa shape index (κ3) is 5.77. The van der Waals surface area contributed by atoms with Crippen LogP contribution in [0.1, 0.15) is 0 Å². The Morgan fingerprint density at radius 1 is 0.297 bits per heavy atom. The molecule has 13 aromatic rings. The Morgan fingerprint density at radius 3 is 1.20 bits per heavy atom. The van der Waals surface area contributed by atoms with Crippen LogP contribution in [0.15, 0.2) is 239 Å². The molecule has 0 aliphatic heterocycles. The fourth-order valence-electron chi connectivity index (χ4n) is 9.80. The van der Waals surface area contributed by atoms with E-state index >= 15 is 0 Å². The van der Waals surface area contributed by atoms with Crippen LogP contribution in [-0.4, -0.2) is 4.57 Å². The average molecular weight is 819 g/mol. The lowest BCUT2D eigenvalue weighted by Gasteiger charge is -2.26. The summed E-state index contributed by atoms with van der Waals surface area (Å²) in [4.78, 5) is 2.33. The fraction of sp³-hybridized carbons (Fsp3) is 0. The van der Waals surface area contributed by atoms with Gasteiger partial charge in [-0.1, -0.05) is 158 Å². The fourth-order valence-corrected chi connectivity index (χ4v) is 9.80. The van der Waals surface area contributed by atoms with Crippen LogP contribution in [0.4, 0.5) is 17.1 Å². The molecule has 0 aliphatic rings. The van der Waals surface area contributed by atoms with Crippen molar-refractivity contribution in [1.82, 2.24) is 4.57 Å². The molecule has 0 spiro atoms. The summed E-state index contributed by atoms with van der Waals surface area (Å²) in [7, 11) is 0.